The quantitative estimate of drug-likeness (QED) is 0.791. The molecule has 0 radical (unpaired) electrons. The lowest BCUT2D eigenvalue weighted by Gasteiger charge is -2.15. The van der Waals surface area contributed by atoms with Gasteiger partial charge in [-0.25, -0.2) is 4.39 Å². The smallest absolute Gasteiger partial charge is 0.167 e. The molecule has 2 nitrogen and oxygen atoms in total. The van der Waals surface area contributed by atoms with E-state index in [2.05, 4.69) is 5.32 Å². The van der Waals surface area contributed by atoms with Gasteiger partial charge < -0.3 is 10.1 Å². The van der Waals surface area contributed by atoms with Crippen molar-refractivity contribution >= 4 is 23.2 Å². The molecule has 0 aliphatic heterocycles. The molecule has 0 aliphatic carbocycles. The van der Waals surface area contributed by atoms with E-state index in [9.17, 15) is 4.39 Å². The fourth-order valence-corrected chi connectivity index (χ4v) is 2.24. The zero-order valence-electron chi connectivity index (χ0n) is 11.8. The monoisotopic (exact) mass is 327 g/mol. The lowest BCUT2D eigenvalue weighted by Crippen LogP contribution is -2.22. The third-order valence-electron chi connectivity index (χ3n) is 2.86. The Labute approximate surface area is 133 Å². The zero-order valence-corrected chi connectivity index (χ0v) is 13.3. The summed E-state index contributed by atoms with van der Waals surface area (Å²) in [6, 6.07) is 9.95. The van der Waals surface area contributed by atoms with Crippen LogP contribution in [0.3, 0.4) is 0 Å². The third-order valence-corrected chi connectivity index (χ3v) is 3.39. The summed E-state index contributed by atoms with van der Waals surface area (Å²) in [6.07, 6.45) is 0. The number of halogens is 3. The Balaban J connectivity index is 2.29. The van der Waals surface area contributed by atoms with Crippen molar-refractivity contribution in [3.8, 4) is 11.5 Å². The molecule has 2 aromatic rings. The maximum Gasteiger partial charge on any atom is 0.167 e. The molecule has 1 N–H and O–H groups in total. The summed E-state index contributed by atoms with van der Waals surface area (Å²) >= 11 is 11.9. The van der Waals surface area contributed by atoms with Crippen molar-refractivity contribution in [2.45, 2.75) is 26.4 Å². The fourth-order valence-electron chi connectivity index (χ4n) is 1.79. The highest BCUT2D eigenvalue weighted by molar-refractivity contribution is 6.35. The molecule has 0 amide bonds. The van der Waals surface area contributed by atoms with Crippen LogP contribution in [-0.2, 0) is 6.54 Å². The third kappa shape index (κ3) is 4.34. The molecular weight excluding hydrogens is 312 g/mol. The van der Waals surface area contributed by atoms with E-state index in [0.29, 0.717) is 28.4 Å². The first-order chi connectivity index (χ1) is 9.97. The van der Waals surface area contributed by atoms with Crippen molar-refractivity contribution in [2.75, 3.05) is 0 Å². The average molecular weight is 328 g/mol. The van der Waals surface area contributed by atoms with Gasteiger partial charge in [0.1, 0.15) is 5.75 Å². The van der Waals surface area contributed by atoms with E-state index in [0.717, 1.165) is 5.56 Å². The molecule has 0 heterocycles. The van der Waals surface area contributed by atoms with E-state index in [1.807, 2.05) is 19.9 Å². The van der Waals surface area contributed by atoms with Gasteiger partial charge in [-0.15, -0.1) is 0 Å². The topological polar surface area (TPSA) is 21.3 Å². The maximum absolute atomic E-state index is 14.0. The van der Waals surface area contributed by atoms with Crippen molar-refractivity contribution in [3.63, 3.8) is 0 Å². The summed E-state index contributed by atoms with van der Waals surface area (Å²) in [5, 5.41) is 4.08. The number of ether oxygens (including phenoxy) is 1. The van der Waals surface area contributed by atoms with Gasteiger partial charge in [0, 0.05) is 23.2 Å². The Kier molecular flexibility index (Phi) is 5.45. The second-order valence-electron chi connectivity index (χ2n) is 4.94. The number of hydrogen-bond acceptors (Lipinski definition) is 2. The normalized spacial score (nSPS) is 11.0. The van der Waals surface area contributed by atoms with Crippen molar-refractivity contribution in [1.29, 1.82) is 0 Å². The summed E-state index contributed by atoms with van der Waals surface area (Å²) in [5.41, 5.74) is 0.731. The van der Waals surface area contributed by atoms with E-state index >= 15 is 0 Å². The minimum atomic E-state index is -0.427. The maximum atomic E-state index is 14.0. The van der Waals surface area contributed by atoms with E-state index in [4.69, 9.17) is 27.9 Å². The standard InChI is InChI=1S/C16H16Cl2FNO/c1-10(2)20-9-11-4-3-5-14(19)16(11)21-15-7-6-12(17)8-13(15)18/h3-8,10,20H,9H2,1-2H3. The fraction of sp³-hybridized carbons (Fsp3) is 0.250. The van der Waals surface area contributed by atoms with Gasteiger partial charge in [0.2, 0.25) is 0 Å². The molecule has 0 unspecified atom stereocenters. The summed E-state index contributed by atoms with van der Waals surface area (Å²) < 4.78 is 19.7. The molecule has 0 saturated carbocycles. The predicted octanol–water partition coefficient (Wildman–Crippen LogP) is 5.42. The minimum Gasteiger partial charge on any atom is -0.452 e. The Morgan fingerprint density at radius 3 is 2.62 bits per heavy atom. The van der Waals surface area contributed by atoms with Gasteiger partial charge in [-0.3, -0.25) is 0 Å². The van der Waals surface area contributed by atoms with Gasteiger partial charge in [-0.2, -0.15) is 0 Å². The minimum absolute atomic E-state index is 0.176. The molecule has 2 aromatic carbocycles. The first-order valence-corrected chi connectivity index (χ1v) is 7.36. The first kappa shape index (κ1) is 16.1. The molecule has 2 rings (SSSR count). The van der Waals surface area contributed by atoms with E-state index in [1.54, 1.807) is 24.3 Å². The zero-order chi connectivity index (χ0) is 15.4. The second-order valence-corrected chi connectivity index (χ2v) is 5.78. The van der Waals surface area contributed by atoms with Crippen molar-refractivity contribution in [3.05, 3.63) is 57.8 Å². The van der Waals surface area contributed by atoms with Crippen molar-refractivity contribution in [2.24, 2.45) is 0 Å². The molecular formula is C16H16Cl2FNO. The van der Waals surface area contributed by atoms with Gasteiger partial charge in [0.25, 0.3) is 0 Å². The number of benzene rings is 2. The highest BCUT2D eigenvalue weighted by Crippen LogP contribution is 2.34. The van der Waals surface area contributed by atoms with Crippen molar-refractivity contribution < 1.29 is 9.13 Å². The van der Waals surface area contributed by atoms with Crippen LogP contribution in [0.4, 0.5) is 4.39 Å². The highest BCUT2D eigenvalue weighted by atomic mass is 35.5. The van der Waals surface area contributed by atoms with E-state index in [-0.39, 0.29) is 5.75 Å². The molecule has 0 bridgehead atoms. The van der Waals surface area contributed by atoms with Crippen LogP contribution in [0, 0.1) is 5.82 Å². The summed E-state index contributed by atoms with van der Waals surface area (Å²) in [7, 11) is 0. The van der Waals surface area contributed by atoms with Crippen LogP contribution >= 0.6 is 23.2 Å². The highest BCUT2D eigenvalue weighted by Gasteiger charge is 2.13. The lowest BCUT2D eigenvalue weighted by atomic mass is 10.2. The number of nitrogens with one attached hydrogen (secondary N) is 1. The number of hydrogen-bond donors (Lipinski definition) is 1. The SMILES string of the molecule is CC(C)NCc1cccc(F)c1Oc1ccc(Cl)cc1Cl. The Hall–Kier alpha value is -1.29. The number of rotatable bonds is 5. The molecule has 5 heteroatoms. The van der Waals surface area contributed by atoms with Gasteiger partial charge in [0.05, 0.1) is 5.02 Å². The van der Waals surface area contributed by atoms with Crippen LogP contribution < -0.4 is 10.1 Å². The summed E-state index contributed by atoms with van der Waals surface area (Å²) in [4.78, 5) is 0. The molecule has 0 atom stereocenters. The molecule has 0 saturated heterocycles. The largest absolute Gasteiger partial charge is 0.452 e. The van der Waals surface area contributed by atoms with Crippen LogP contribution in [0.2, 0.25) is 10.0 Å². The lowest BCUT2D eigenvalue weighted by molar-refractivity contribution is 0.432. The molecule has 21 heavy (non-hydrogen) atoms. The van der Waals surface area contributed by atoms with E-state index < -0.39 is 5.82 Å². The predicted molar refractivity (Wildman–Crippen MR) is 84.9 cm³/mol. The molecule has 112 valence electrons. The Bertz CT molecular complexity index is 632. The molecule has 0 spiro atoms. The van der Waals surface area contributed by atoms with Crippen LogP contribution in [0.5, 0.6) is 11.5 Å². The van der Waals surface area contributed by atoms with Crippen LogP contribution in [0.1, 0.15) is 19.4 Å². The summed E-state index contributed by atoms with van der Waals surface area (Å²) in [5.74, 6) is 0.121. The van der Waals surface area contributed by atoms with Gasteiger partial charge >= 0.3 is 0 Å². The number of para-hydroxylation sites is 1. The first-order valence-electron chi connectivity index (χ1n) is 6.61. The van der Waals surface area contributed by atoms with Crippen LogP contribution in [0.25, 0.3) is 0 Å². The van der Waals surface area contributed by atoms with Gasteiger partial charge in [0.15, 0.2) is 11.6 Å². The van der Waals surface area contributed by atoms with Crippen LogP contribution in [0.15, 0.2) is 36.4 Å². The Morgan fingerprint density at radius 1 is 1.19 bits per heavy atom. The second kappa shape index (κ2) is 7.12. The van der Waals surface area contributed by atoms with E-state index in [1.165, 1.54) is 6.07 Å². The van der Waals surface area contributed by atoms with Crippen molar-refractivity contribution in [1.82, 2.24) is 5.32 Å². The molecule has 0 fully saturated rings. The van der Waals surface area contributed by atoms with Gasteiger partial charge in [-0.1, -0.05) is 49.2 Å². The van der Waals surface area contributed by atoms with Crippen LogP contribution in [-0.4, -0.2) is 6.04 Å². The Morgan fingerprint density at radius 2 is 1.95 bits per heavy atom. The molecule has 0 aromatic heterocycles. The van der Waals surface area contributed by atoms with Gasteiger partial charge in [-0.05, 0) is 24.3 Å². The summed E-state index contributed by atoms with van der Waals surface area (Å²) in [6.45, 7) is 4.56. The average Bonchev–Trinajstić information content (AvgIpc) is 2.42. The molecule has 0 aliphatic rings.